The summed E-state index contributed by atoms with van der Waals surface area (Å²) in [4.78, 5) is 0. The van der Waals surface area contributed by atoms with Gasteiger partial charge in [0, 0.05) is 0 Å². The summed E-state index contributed by atoms with van der Waals surface area (Å²) in [5, 5.41) is 0. The summed E-state index contributed by atoms with van der Waals surface area (Å²) >= 11 is 0. The number of hydrogen-bond acceptors (Lipinski definition) is 0. The van der Waals surface area contributed by atoms with E-state index in [9.17, 15) is 0 Å². The number of halogens is 3. The van der Waals surface area contributed by atoms with E-state index in [4.69, 9.17) is 28.8 Å². The van der Waals surface area contributed by atoms with Gasteiger partial charge in [0.1, 0.15) is 0 Å². The maximum absolute atomic E-state index is 9.13. The van der Waals surface area contributed by atoms with Gasteiger partial charge in [-0.2, -0.15) is 0 Å². The van der Waals surface area contributed by atoms with Crippen LogP contribution in [0.1, 0.15) is 120 Å². The normalized spacial score (nSPS) is 17.3. The average molecular weight is 782 g/mol. The van der Waals surface area contributed by atoms with Crippen molar-refractivity contribution in [3.05, 3.63) is 0 Å². The molecule has 0 aliphatic heterocycles. The van der Waals surface area contributed by atoms with E-state index in [-0.39, 0.29) is 0 Å². The molecule has 0 saturated heterocycles. The van der Waals surface area contributed by atoms with Crippen LogP contribution in [-0.2, 0) is 8.36 Å². The van der Waals surface area contributed by atoms with Gasteiger partial charge in [-0.25, -0.2) is 0 Å². The van der Waals surface area contributed by atoms with E-state index in [0.717, 1.165) is 0 Å². The molecule has 0 heterocycles. The van der Waals surface area contributed by atoms with Gasteiger partial charge >= 0.3 is 229 Å². The van der Waals surface area contributed by atoms with Gasteiger partial charge in [0.2, 0.25) is 0 Å². The van der Waals surface area contributed by atoms with Gasteiger partial charge in [-0.15, -0.1) is 0 Å². The van der Waals surface area contributed by atoms with Crippen LogP contribution < -0.4 is 0 Å². The molecule has 0 aromatic heterocycles. The van der Waals surface area contributed by atoms with Gasteiger partial charge in [0.05, 0.1) is 0 Å². The Morgan fingerprint density at radius 3 is 0.529 bits per heavy atom. The molecule has 0 saturated carbocycles. The molecule has 219 valence electrons. The van der Waals surface area contributed by atoms with Gasteiger partial charge in [0.25, 0.3) is 0 Å². The van der Waals surface area contributed by atoms with Gasteiger partial charge in [0.15, 0.2) is 0 Å². The molecule has 0 aromatic rings. The minimum absolute atomic E-state index is 1.21. The summed E-state index contributed by atoms with van der Waals surface area (Å²) in [7, 11) is 22.2. The van der Waals surface area contributed by atoms with Gasteiger partial charge in [-0.05, 0) is 0 Å². The fourth-order valence-electron chi connectivity index (χ4n) is 7.78. The van der Waals surface area contributed by atoms with Crippen molar-refractivity contribution >= 4 is 45.2 Å². The molecule has 0 amide bonds. The monoisotopic (exact) mass is 781 g/mol. The zero-order valence-corrected chi connectivity index (χ0v) is 32.4. The first-order chi connectivity index (χ1) is 15.9. The van der Waals surface area contributed by atoms with Crippen molar-refractivity contribution in [3.63, 3.8) is 0 Å². The first kappa shape index (κ1) is 36.8. The molecule has 0 nitrogen and oxygen atoms in total. The third kappa shape index (κ3) is 5.66. The third-order valence-corrected chi connectivity index (χ3v) is 201. The van der Waals surface area contributed by atoms with Gasteiger partial charge in [-0.1, -0.05) is 0 Å². The standard InChI is InChI=1S/3C9H21P.3ClH.Ir/c3*1-4-7-10(8-5-2)9-6-3;;;;/h3*4-9H2,1-3H3;3*1H;. The Balaban J connectivity index is 8.41. The molecule has 0 unspecified atom stereocenters. The van der Waals surface area contributed by atoms with Crippen molar-refractivity contribution in [2.24, 2.45) is 0 Å². The zero-order valence-electron chi connectivity index (χ0n) is 24.7. The second-order valence-corrected chi connectivity index (χ2v) is 115. The second kappa shape index (κ2) is 15.0. The Hall–Kier alpha value is 2.81. The van der Waals surface area contributed by atoms with Crippen LogP contribution in [0.3, 0.4) is 0 Å². The van der Waals surface area contributed by atoms with E-state index in [1.165, 1.54) is 113 Å². The van der Waals surface area contributed by atoms with Crippen molar-refractivity contribution in [2.45, 2.75) is 120 Å². The molecule has 34 heavy (non-hydrogen) atoms. The Morgan fingerprint density at radius 1 is 0.324 bits per heavy atom. The summed E-state index contributed by atoms with van der Waals surface area (Å²) in [6.45, 7) is 21.6. The minimum atomic E-state index is -5.19. The number of hydrogen-bond donors (Lipinski definition) is 0. The molecule has 0 atom stereocenters. The van der Waals surface area contributed by atoms with E-state index in [2.05, 4.69) is 62.3 Å². The van der Waals surface area contributed by atoms with Crippen LogP contribution in [0.25, 0.3) is 0 Å². The van der Waals surface area contributed by atoms with Crippen LogP contribution in [0.2, 0.25) is 0 Å². The van der Waals surface area contributed by atoms with Crippen LogP contribution in [0.5, 0.6) is 0 Å². The van der Waals surface area contributed by atoms with Crippen molar-refractivity contribution in [1.82, 2.24) is 0 Å². The van der Waals surface area contributed by atoms with E-state index >= 15 is 0 Å². The first-order valence-electron chi connectivity index (χ1n) is 14.9. The molecule has 0 radical (unpaired) electrons. The Morgan fingerprint density at radius 2 is 0.441 bits per heavy atom. The first-order valence-corrected chi connectivity index (χ1v) is 42.0. The van der Waals surface area contributed by atoms with E-state index in [0.29, 0.717) is 0 Å². The topological polar surface area (TPSA) is 0 Å². The molecule has 0 aliphatic carbocycles. The molecule has 0 aliphatic rings. The Bertz CT molecular complexity index is 462. The Kier molecular flexibility index (Phi) is 16.2. The molecule has 0 spiro atoms. The summed E-state index contributed by atoms with van der Waals surface area (Å²) in [5.74, 6) is 0. The molecular formula is C27H66Cl3IrP3. The Labute approximate surface area is 227 Å². The quantitative estimate of drug-likeness (QED) is 0.102. The van der Waals surface area contributed by atoms with Crippen LogP contribution >= 0.6 is 45.2 Å². The van der Waals surface area contributed by atoms with Gasteiger partial charge < -0.3 is 0 Å². The molecule has 0 fully saturated rings. The summed E-state index contributed by atoms with van der Waals surface area (Å²) in [6.07, 6.45) is 22.5. The second-order valence-electron chi connectivity index (χ2n) is 11.0. The van der Waals surface area contributed by atoms with Crippen LogP contribution in [0.15, 0.2) is 0 Å². The third-order valence-electron chi connectivity index (χ3n) is 8.45. The SMILES string of the molecule is CCC[PH](CCC)(CCC)[Ir]([Cl])([Cl])([Cl])([PH](CCC)(CCC)CCC)[PH](CCC)(CCC)CCC. The fourth-order valence-corrected chi connectivity index (χ4v) is 232. The fraction of sp³-hybridized carbons (Fsp3) is 1.00. The van der Waals surface area contributed by atoms with Crippen molar-refractivity contribution in [2.75, 3.05) is 55.5 Å². The molecular weight excluding hydrogens is 716 g/mol. The summed E-state index contributed by atoms with van der Waals surface area (Å²) in [6, 6.07) is 0. The average Bonchev–Trinajstić information content (AvgIpc) is 2.75. The molecule has 0 aromatic carbocycles. The summed E-state index contributed by atoms with van der Waals surface area (Å²) < 4.78 is 0. The van der Waals surface area contributed by atoms with Crippen LogP contribution in [-0.4, -0.2) is 55.5 Å². The van der Waals surface area contributed by atoms with Crippen molar-refractivity contribution < 1.29 is 8.36 Å². The molecule has 7 heteroatoms. The number of rotatable bonds is 21. The predicted molar refractivity (Wildman–Crippen MR) is 179 cm³/mol. The molecule has 0 rings (SSSR count). The van der Waals surface area contributed by atoms with E-state index in [1.54, 1.807) is 0 Å². The van der Waals surface area contributed by atoms with Gasteiger partial charge in [-0.3, -0.25) is 0 Å². The van der Waals surface area contributed by atoms with Crippen LogP contribution in [0, 0.1) is 0 Å². The molecule has 0 bridgehead atoms. The zero-order chi connectivity index (χ0) is 26.6. The molecule has 0 N–H and O–H groups in total. The van der Waals surface area contributed by atoms with E-state index < -0.39 is 24.9 Å². The predicted octanol–water partition coefficient (Wildman–Crippen LogP) is 12.4. The van der Waals surface area contributed by atoms with E-state index in [1.807, 2.05) is 0 Å². The van der Waals surface area contributed by atoms with Crippen molar-refractivity contribution in [1.29, 1.82) is 0 Å². The summed E-state index contributed by atoms with van der Waals surface area (Å²) in [5.41, 5.74) is -6.55. The van der Waals surface area contributed by atoms with Crippen molar-refractivity contribution in [3.8, 4) is 0 Å². The maximum atomic E-state index is 9.13. The van der Waals surface area contributed by atoms with Crippen LogP contribution in [0.4, 0.5) is 0 Å².